The second kappa shape index (κ2) is 7.63. The van der Waals surface area contributed by atoms with Gasteiger partial charge in [-0.2, -0.15) is 13.2 Å². The van der Waals surface area contributed by atoms with Gasteiger partial charge in [0.25, 0.3) is 0 Å². The average molecular weight is 331 g/mol. The van der Waals surface area contributed by atoms with Crippen molar-refractivity contribution in [2.45, 2.75) is 18.6 Å². The fourth-order valence-electron chi connectivity index (χ4n) is 2.12. The Morgan fingerprint density at radius 2 is 1.32 bits per heavy atom. The van der Waals surface area contributed by atoms with Crippen LogP contribution in [0, 0.1) is 0 Å². The maximum atomic E-state index is 12.5. The molecule has 0 aliphatic carbocycles. The Kier molecular flexibility index (Phi) is 6.41. The van der Waals surface area contributed by atoms with Crippen LogP contribution in [0.1, 0.15) is 23.6 Å². The summed E-state index contributed by atoms with van der Waals surface area (Å²) in [6, 6.07) is 12.5. The molecule has 0 aromatic heterocycles. The van der Waals surface area contributed by atoms with Crippen molar-refractivity contribution in [1.29, 1.82) is 0 Å². The molecule has 0 unspecified atom stereocenters. The van der Waals surface area contributed by atoms with Crippen molar-refractivity contribution in [3.8, 4) is 11.1 Å². The number of benzene rings is 2. The second-order valence-electron chi connectivity index (χ2n) is 4.88. The molecule has 120 valence electrons. The summed E-state index contributed by atoms with van der Waals surface area (Å²) < 4.78 is 37.5. The van der Waals surface area contributed by atoms with Crippen LogP contribution in [0.25, 0.3) is 11.1 Å². The van der Waals surface area contributed by atoms with E-state index in [9.17, 15) is 13.2 Å². The summed E-state index contributed by atoms with van der Waals surface area (Å²) in [5.41, 5.74) is 13.3. The molecule has 0 bridgehead atoms. The molecule has 0 saturated heterocycles. The van der Waals surface area contributed by atoms with Crippen LogP contribution in [0.2, 0.25) is 0 Å². The summed E-state index contributed by atoms with van der Waals surface area (Å²) >= 11 is 0. The summed E-state index contributed by atoms with van der Waals surface area (Å²) in [4.78, 5) is 0. The standard InChI is InChI=1S/C16H17F3N2.ClH/c17-16(18,19)14-7-5-12(6-8-14)11-1-3-13(4-2-11)15(21)9-10-20;/h1-8,15H,9-10,20-21H2;1H/t15-;/m1./s1. The molecular formula is C16H18ClF3N2. The van der Waals surface area contributed by atoms with E-state index < -0.39 is 11.7 Å². The van der Waals surface area contributed by atoms with E-state index in [1.807, 2.05) is 24.3 Å². The van der Waals surface area contributed by atoms with Crippen LogP contribution < -0.4 is 11.5 Å². The minimum atomic E-state index is -4.31. The summed E-state index contributed by atoms with van der Waals surface area (Å²) in [5, 5.41) is 0. The zero-order valence-corrected chi connectivity index (χ0v) is 12.6. The van der Waals surface area contributed by atoms with Crippen molar-refractivity contribution in [1.82, 2.24) is 0 Å². The van der Waals surface area contributed by atoms with Gasteiger partial charge in [0.1, 0.15) is 0 Å². The van der Waals surface area contributed by atoms with Crippen LogP contribution in [-0.2, 0) is 6.18 Å². The van der Waals surface area contributed by atoms with E-state index in [4.69, 9.17) is 11.5 Å². The van der Waals surface area contributed by atoms with Gasteiger partial charge in [0.05, 0.1) is 5.56 Å². The zero-order chi connectivity index (χ0) is 15.5. The molecule has 0 spiro atoms. The summed E-state index contributed by atoms with van der Waals surface area (Å²) in [7, 11) is 0. The number of alkyl halides is 3. The lowest BCUT2D eigenvalue weighted by Crippen LogP contribution is -2.15. The van der Waals surface area contributed by atoms with Gasteiger partial charge < -0.3 is 11.5 Å². The largest absolute Gasteiger partial charge is 0.416 e. The van der Waals surface area contributed by atoms with Crippen LogP contribution in [0.5, 0.6) is 0 Å². The van der Waals surface area contributed by atoms with Crippen LogP contribution in [-0.4, -0.2) is 6.54 Å². The lowest BCUT2D eigenvalue weighted by atomic mass is 9.99. The highest BCUT2D eigenvalue weighted by Gasteiger charge is 2.29. The van der Waals surface area contributed by atoms with Crippen LogP contribution in [0.4, 0.5) is 13.2 Å². The van der Waals surface area contributed by atoms with Gasteiger partial charge in [-0.15, -0.1) is 12.4 Å². The average Bonchev–Trinajstić information content (AvgIpc) is 2.47. The van der Waals surface area contributed by atoms with Crippen LogP contribution in [0.3, 0.4) is 0 Å². The SMILES string of the molecule is Cl.NCC[C@@H](N)c1ccc(-c2ccc(C(F)(F)F)cc2)cc1. The fraction of sp³-hybridized carbons (Fsp3) is 0.250. The lowest BCUT2D eigenvalue weighted by molar-refractivity contribution is -0.137. The minimum absolute atomic E-state index is 0. The van der Waals surface area contributed by atoms with Crippen molar-refractivity contribution in [3.05, 3.63) is 59.7 Å². The molecule has 6 heteroatoms. The third-order valence-electron chi connectivity index (χ3n) is 3.36. The van der Waals surface area contributed by atoms with E-state index in [0.717, 1.165) is 28.8 Å². The minimum Gasteiger partial charge on any atom is -0.330 e. The Morgan fingerprint density at radius 1 is 0.864 bits per heavy atom. The van der Waals surface area contributed by atoms with Gasteiger partial charge in [0, 0.05) is 6.04 Å². The molecule has 22 heavy (non-hydrogen) atoms. The molecule has 2 rings (SSSR count). The number of hydrogen-bond donors (Lipinski definition) is 2. The smallest absolute Gasteiger partial charge is 0.330 e. The summed E-state index contributed by atoms with van der Waals surface area (Å²) in [6.07, 6.45) is -3.61. The Morgan fingerprint density at radius 3 is 1.73 bits per heavy atom. The molecule has 0 heterocycles. The Labute approximate surface area is 133 Å². The van der Waals surface area contributed by atoms with Gasteiger partial charge in [0.2, 0.25) is 0 Å². The number of hydrogen-bond acceptors (Lipinski definition) is 2. The number of nitrogens with two attached hydrogens (primary N) is 2. The predicted molar refractivity (Wildman–Crippen MR) is 84.7 cm³/mol. The van der Waals surface area contributed by atoms with Crippen LogP contribution >= 0.6 is 12.4 Å². The molecule has 0 saturated carbocycles. The van der Waals surface area contributed by atoms with E-state index in [1.165, 1.54) is 12.1 Å². The first kappa shape index (κ1) is 18.5. The third kappa shape index (κ3) is 4.47. The molecule has 2 aromatic carbocycles. The highest BCUT2D eigenvalue weighted by atomic mass is 35.5. The van der Waals surface area contributed by atoms with E-state index in [0.29, 0.717) is 13.0 Å². The van der Waals surface area contributed by atoms with E-state index in [1.54, 1.807) is 0 Å². The molecule has 4 N–H and O–H groups in total. The second-order valence-corrected chi connectivity index (χ2v) is 4.88. The first-order chi connectivity index (χ1) is 9.91. The highest BCUT2D eigenvalue weighted by Crippen LogP contribution is 2.31. The third-order valence-corrected chi connectivity index (χ3v) is 3.36. The Balaban J connectivity index is 0.00000242. The maximum Gasteiger partial charge on any atom is 0.416 e. The summed E-state index contributed by atoms with van der Waals surface area (Å²) in [6.45, 7) is 0.516. The fourth-order valence-corrected chi connectivity index (χ4v) is 2.12. The maximum absolute atomic E-state index is 12.5. The van der Waals surface area contributed by atoms with Crippen molar-refractivity contribution < 1.29 is 13.2 Å². The molecule has 2 aromatic rings. The van der Waals surface area contributed by atoms with E-state index in [2.05, 4.69) is 0 Å². The number of halogens is 4. The molecule has 0 aliphatic heterocycles. The van der Waals surface area contributed by atoms with Gasteiger partial charge in [-0.05, 0) is 41.8 Å². The predicted octanol–water partition coefficient (Wildman–Crippen LogP) is 4.14. The van der Waals surface area contributed by atoms with Gasteiger partial charge in [-0.25, -0.2) is 0 Å². The van der Waals surface area contributed by atoms with Crippen molar-refractivity contribution in [2.24, 2.45) is 11.5 Å². The number of rotatable bonds is 4. The first-order valence-corrected chi connectivity index (χ1v) is 6.65. The molecule has 0 aliphatic rings. The van der Waals surface area contributed by atoms with Crippen LogP contribution in [0.15, 0.2) is 48.5 Å². The monoisotopic (exact) mass is 330 g/mol. The molecular weight excluding hydrogens is 313 g/mol. The zero-order valence-electron chi connectivity index (χ0n) is 11.8. The normalized spacial score (nSPS) is 12.6. The van der Waals surface area contributed by atoms with Crippen molar-refractivity contribution in [3.63, 3.8) is 0 Å². The van der Waals surface area contributed by atoms with Gasteiger partial charge >= 0.3 is 6.18 Å². The highest BCUT2D eigenvalue weighted by molar-refractivity contribution is 5.85. The van der Waals surface area contributed by atoms with Gasteiger partial charge in [0.15, 0.2) is 0 Å². The molecule has 0 radical (unpaired) electrons. The van der Waals surface area contributed by atoms with E-state index in [-0.39, 0.29) is 18.4 Å². The first-order valence-electron chi connectivity index (χ1n) is 6.65. The molecule has 2 nitrogen and oxygen atoms in total. The Bertz CT molecular complexity index is 580. The van der Waals surface area contributed by atoms with Crippen molar-refractivity contribution in [2.75, 3.05) is 6.54 Å². The molecule has 1 atom stereocenters. The molecule has 0 amide bonds. The van der Waals surface area contributed by atoms with E-state index >= 15 is 0 Å². The lowest BCUT2D eigenvalue weighted by Gasteiger charge is -2.12. The van der Waals surface area contributed by atoms with Crippen molar-refractivity contribution >= 4 is 12.4 Å². The van der Waals surface area contributed by atoms with Gasteiger partial charge in [-0.1, -0.05) is 36.4 Å². The molecule has 0 fully saturated rings. The van der Waals surface area contributed by atoms with Gasteiger partial charge in [-0.3, -0.25) is 0 Å². The quantitative estimate of drug-likeness (QED) is 0.885. The Hall–Kier alpha value is -1.56. The summed E-state index contributed by atoms with van der Waals surface area (Å²) in [5.74, 6) is 0. The topological polar surface area (TPSA) is 52.0 Å².